The molecule has 0 aliphatic carbocycles. The summed E-state index contributed by atoms with van der Waals surface area (Å²) in [6.07, 6.45) is 7.22. The number of hydrogen-bond donors (Lipinski definition) is 1. The highest BCUT2D eigenvalue weighted by Gasteiger charge is 2.51. The van der Waals surface area contributed by atoms with Gasteiger partial charge in [-0.15, -0.1) is 6.42 Å². The Kier molecular flexibility index (Phi) is 3.87. The Morgan fingerprint density at radius 2 is 2.10 bits per heavy atom. The number of rotatable bonds is 3. The highest BCUT2D eigenvalue weighted by molar-refractivity contribution is 9.10. The molecule has 2 fully saturated rings. The highest BCUT2D eigenvalue weighted by atomic mass is 79.9. The number of aryl methyl sites for hydroxylation is 1. The lowest BCUT2D eigenvalue weighted by Crippen LogP contribution is -2.50. The number of ether oxygens (including phenoxy) is 2. The molecule has 4 atom stereocenters. The Bertz CT molecular complexity index is 522. The highest BCUT2D eigenvalue weighted by Crippen LogP contribution is 2.42. The molecule has 2 aliphatic heterocycles. The third-order valence-corrected chi connectivity index (χ3v) is 4.61. The Labute approximate surface area is 127 Å². The average Bonchev–Trinajstić information content (AvgIpc) is 2.83. The van der Waals surface area contributed by atoms with Gasteiger partial charge in [0.05, 0.1) is 6.10 Å². The van der Waals surface area contributed by atoms with Gasteiger partial charge in [0.25, 0.3) is 0 Å². The summed E-state index contributed by atoms with van der Waals surface area (Å²) in [5.41, 5.74) is 1.24. The lowest BCUT2D eigenvalue weighted by atomic mass is 10.0. The fraction of sp³-hybridized carbons (Fsp3) is 0.500. The van der Waals surface area contributed by atoms with Crippen LogP contribution >= 0.6 is 15.9 Å². The van der Waals surface area contributed by atoms with Crippen molar-refractivity contribution in [3.63, 3.8) is 0 Å². The van der Waals surface area contributed by atoms with Crippen LogP contribution < -0.4 is 0 Å². The van der Waals surface area contributed by atoms with Gasteiger partial charge in [0, 0.05) is 17.3 Å². The van der Waals surface area contributed by atoms with E-state index in [2.05, 4.69) is 34.0 Å². The lowest BCUT2D eigenvalue weighted by Gasteiger charge is -2.39. The first-order chi connectivity index (χ1) is 9.62. The zero-order valence-electron chi connectivity index (χ0n) is 11.1. The zero-order valence-corrected chi connectivity index (χ0v) is 12.7. The number of hydrogen-bond acceptors (Lipinski definition) is 3. The van der Waals surface area contributed by atoms with Gasteiger partial charge < -0.3 is 14.6 Å². The number of halogens is 1. The molecule has 0 saturated carbocycles. The topological polar surface area (TPSA) is 38.7 Å². The van der Waals surface area contributed by atoms with Crippen LogP contribution in [0.3, 0.4) is 0 Å². The van der Waals surface area contributed by atoms with Crippen molar-refractivity contribution in [2.75, 3.05) is 0 Å². The third-order valence-electron chi connectivity index (χ3n) is 4.08. The fourth-order valence-electron chi connectivity index (χ4n) is 2.94. The van der Waals surface area contributed by atoms with Crippen LogP contribution in [-0.2, 0) is 15.9 Å². The van der Waals surface area contributed by atoms with E-state index in [9.17, 15) is 5.11 Å². The summed E-state index contributed by atoms with van der Waals surface area (Å²) in [6.45, 7) is 0. The van der Waals surface area contributed by atoms with Crippen molar-refractivity contribution in [1.82, 2.24) is 0 Å². The van der Waals surface area contributed by atoms with E-state index in [1.165, 1.54) is 5.56 Å². The number of aliphatic hydroxyl groups is 1. The van der Waals surface area contributed by atoms with Gasteiger partial charge in [0.2, 0.25) is 0 Å². The summed E-state index contributed by atoms with van der Waals surface area (Å²) in [6, 6.07) is 8.23. The maximum atomic E-state index is 9.99. The van der Waals surface area contributed by atoms with Crippen molar-refractivity contribution in [2.24, 2.45) is 0 Å². The molecule has 3 nitrogen and oxygen atoms in total. The van der Waals surface area contributed by atoms with E-state index in [4.69, 9.17) is 15.9 Å². The molecule has 2 saturated heterocycles. The molecule has 2 bridgehead atoms. The van der Waals surface area contributed by atoms with Gasteiger partial charge in [-0.25, -0.2) is 0 Å². The summed E-state index contributed by atoms with van der Waals surface area (Å²) in [5, 5.41) is 9.99. The predicted molar refractivity (Wildman–Crippen MR) is 79.0 cm³/mol. The van der Waals surface area contributed by atoms with Gasteiger partial charge in [-0.1, -0.05) is 34.0 Å². The normalized spacial score (nSPS) is 35.8. The summed E-state index contributed by atoms with van der Waals surface area (Å²) in [5.74, 6) is 1.91. The van der Waals surface area contributed by atoms with Crippen LogP contribution in [0.25, 0.3) is 0 Å². The Morgan fingerprint density at radius 1 is 1.35 bits per heavy atom. The van der Waals surface area contributed by atoms with E-state index in [0.717, 1.165) is 30.2 Å². The summed E-state index contributed by atoms with van der Waals surface area (Å²) < 4.78 is 12.8. The van der Waals surface area contributed by atoms with E-state index >= 15 is 0 Å². The fourth-order valence-corrected chi connectivity index (χ4v) is 3.20. The Balaban J connectivity index is 1.68. The molecular formula is C16H17BrO3. The maximum Gasteiger partial charge on any atom is 0.171 e. The molecule has 4 heteroatoms. The minimum Gasteiger partial charge on any atom is -0.387 e. The third kappa shape index (κ3) is 2.64. The summed E-state index contributed by atoms with van der Waals surface area (Å²) in [7, 11) is 0. The first-order valence-electron chi connectivity index (χ1n) is 6.86. The number of benzene rings is 1. The van der Waals surface area contributed by atoms with Crippen LogP contribution in [0.1, 0.15) is 24.8 Å². The van der Waals surface area contributed by atoms with E-state index in [1.807, 2.05) is 12.1 Å². The summed E-state index contributed by atoms with van der Waals surface area (Å²) >= 11 is 3.43. The van der Waals surface area contributed by atoms with Crippen LogP contribution in [0.2, 0.25) is 0 Å². The second-order valence-corrected chi connectivity index (χ2v) is 6.34. The molecule has 1 N–H and O–H groups in total. The Morgan fingerprint density at radius 3 is 2.80 bits per heavy atom. The van der Waals surface area contributed by atoms with E-state index in [0.29, 0.717) is 0 Å². The number of terminal acetylenes is 1. The van der Waals surface area contributed by atoms with Crippen molar-refractivity contribution in [2.45, 2.75) is 49.8 Å². The molecule has 106 valence electrons. The van der Waals surface area contributed by atoms with E-state index in [-0.39, 0.29) is 6.10 Å². The van der Waals surface area contributed by atoms with Crippen molar-refractivity contribution < 1.29 is 14.6 Å². The van der Waals surface area contributed by atoms with Crippen LogP contribution in [0.5, 0.6) is 0 Å². The molecule has 0 spiro atoms. The second kappa shape index (κ2) is 5.50. The van der Waals surface area contributed by atoms with E-state index < -0.39 is 18.0 Å². The molecule has 1 aromatic rings. The average molecular weight is 337 g/mol. The van der Waals surface area contributed by atoms with Crippen LogP contribution in [0, 0.1) is 12.3 Å². The van der Waals surface area contributed by atoms with Crippen LogP contribution in [-0.4, -0.2) is 29.2 Å². The molecule has 0 unspecified atom stereocenters. The maximum absolute atomic E-state index is 9.99. The first-order valence-corrected chi connectivity index (χ1v) is 7.65. The smallest absolute Gasteiger partial charge is 0.171 e. The van der Waals surface area contributed by atoms with Crippen molar-refractivity contribution in [1.29, 1.82) is 0 Å². The minimum absolute atomic E-state index is 0.185. The van der Waals surface area contributed by atoms with E-state index in [1.54, 1.807) is 0 Å². The predicted octanol–water partition coefficient (Wildman–Crippen LogP) is 2.65. The van der Waals surface area contributed by atoms with Gasteiger partial charge in [0.1, 0.15) is 12.2 Å². The Hall–Kier alpha value is -0.860. The zero-order chi connectivity index (χ0) is 14.2. The van der Waals surface area contributed by atoms with Crippen molar-refractivity contribution in [3.8, 4) is 12.3 Å². The van der Waals surface area contributed by atoms with Gasteiger partial charge in [-0.3, -0.25) is 0 Å². The molecule has 0 amide bonds. The number of fused-ring (bicyclic) bond motifs is 2. The minimum atomic E-state index is -0.705. The largest absolute Gasteiger partial charge is 0.387 e. The quantitative estimate of drug-likeness (QED) is 0.862. The van der Waals surface area contributed by atoms with Crippen molar-refractivity contribution in [3.05, 3.63) is 34.3 Å². The van der Waals surface area contributed by atoms with Crippen molar-refractivity contribution >= 4 is 15.9 Å². The SMILES string of the molecule is C#C[C@@H]1O[C@@]2(CCc3ccc(Br)cc3)CC[C@@H](O2)[C@H]1O. The molecule has 2 aliphatic rings. The second-order valence-electron chi connectivity index (χ2n) is 5.43. The molecule has 0 aromatic heterocycles. The molecule has 3 rings (SSSR count). The van der Waals surface area contributed by atoms with Crippen LogP contribution in [0.15, 0.2) is 28.7 Å². The standard InChI is InChI=1S/C16H17BrO3/c1-2-13-15(18)14-8-10-16(19-13,20-14)9-7-11-3-5-12(17)6-4-11/h1,3-6,13-15,18H,7-10H2/t13-,14+,15-,16+/m0/s1. The van der Waals surface area contributed by atoms with Gasteiger partial charge in [-0.2, -0.15) is 0 Å². The molecule has 20 heavy (non-hydrogen) atoms. The van der Waals surface area contributed by atoms with Gasteiger partial charge >= 0.3 is 0 Å². The summed E-state index contributed by atoms with van der Waals surface area (Å²) in [4.78, 5) is 0. The van der Waals surface area contributed by atoms with Gasteiger partial charge in [-0.05, 0) is 30.5 Å². The molecule has 2 heterocycles. The number of aliphatic hydroxyl groups excluding tert-OH is 1. The lowest BCUT2D eigenvalue weighted by molar-refractivity contribution is -0.307. The first kappa shape index (κ1) is 14.1. The molecular weight excluding hydrogens is 320 g/mol. The van der Waals surface area contributed by atoms with Gasteiger partial charge in [0.15, 0.2) is 5.79 Å². The molecule has 0 radical (unpaired) electrons. The van der Waals surface area contributed by atoms with Crippen LogP contribution in [0.4, 0.5) is 0 Å². The monoisotopic (exact) mass is 336 g/mol. The molecule has 1 aromatic carbocycles.